The van der Waals surface area contributed by atoms with Crippen molar-refractivity contribution in [1.82, 2.24) is 0 Å². The van der Waals surface area contributed by atoms with Crippen LogP contribution in [0.5, 0.6) is 0 Å². The molecule has 0 aliphatic rings. The summed E-state index contributed by atoms with van der Waals surface area (Å²) in [6, 6.07) is 0. The number of allylic oxidation sites excluding steroid dienone is 4. The highest BCUT2D eigenvalue weighted by Gasteiger charge is 1.99. The quantitative estimate of drug-likeness (QED) is 0.350. The van der Waals surface area contributed by atoms with E-state index in [1.165, 1.54) is 7.11 Å². The van der Waals surface area contributed by atoms with Gasteiger partial charge >= 0.3 is 5.97 Å². The van der Waals surface area contributed by atoms with Crippen molar-refractivity contribution in [3.63, 3.8) is 0 Å². The van der Waals surface area contributed by atoms with Crippen molar-refractivity contribution < 1.29 is 9.53 Å². The molecule has 0 amide bonds. The Bertz CT molecular complexity index is 200. The molecular formula is C9H12O2. The number of carbonyl (C=O) groups is 1. The van der Waals surface area contributed by atoms with Gasteiger partial charge in [0.05, 0.1) is 7.11 Å². The second-order valence-electron chi connectivity index (χ2n) is 1.96. The smallest absolute Gasteiger partial charge is 0.333 e. The Labute approximate surface area is 66.9 Å². The first-order valence-corrected chi connectivity index (χ1v) is 3.26. The van der Waals surface area contributed by atoms with Crippen molar-refractivity contribution in [2.24, 2.45) is 0 Å². The van der Waals surface area contributed by atoms with Gasteiger partial charge in [-0.3, -0.25) is 0 Å². The molecule has 0 aliphatic heterocycles. The molecule has 0 aromatic rings. The van der Waals surface area contributed by atoms with Crippen LogP contribution in [0.2, 0.25) is 0 Å². The lowest BCUT2D eigenvalue weighted by molar-refractivity contribution is -0.136. The number of esters is 1. The largest absolute Gasteiger partial charge is 0.466 e. The molecule has 0 aliphatic carbocycles. The molecule has 0 unspecified atom stereocenters. The highest BCUT2D eigenvalue weighted by Crippen LogP contribution is 1.95. The molecule has 0 bridgehead atoms. The van der Waals surface area contributed by atoms with E-state index in [-0.39, 0.29) is 5.97 Å². The Kier molecular flexibility index (Phi) is 4.82. The fraction of sp³-hybridized carbons (Fsp3) is 0.222. The molecule has 0 aromatic heterocycles. The number of hydrogen-bond donors (Lipinski definition) is 0. The Balaban J connectivity index is 4.10. The summed E-state index contributed by atoms with van der Waals surface area (Å²) in [7, 11) is 1.36. The topological polar surface area (TPSA) is 26.3 Å². The summed E-state index contributed by atoms with van der Waals surface area (Å²) in [5.74, 6) is -0.307. The lowest BCUT2D eigenvalue weighted by atomic mass is 10.3. The maximum absolute atomic E-state index is 10.8. The van der Waals surface area contributed by atoms with E-state index in [1.54, 1.807) is 31.2 Å². The summed E-state index contributed by atoms with van der Waals surface area (Å²) < 4.78 is 4.48. The van der Waals surface area contributed by atoms with Crippen LogP contribution in [0.15, 0.2) is 36.5 Å². The van der Waals surface area contributed by atoms with Gasteiger partial charge in [0.2, 0.25) is 0 Å². The molecule has 0 atom stereocenters. The number of methoxy groups -OCH3 is 1. The predicted octanol–water partition coefficient (Wildman–Crippen LogP) is 1.85. The van der Waals surface area contributed by atoms with Gasteiger partial charge in [-0.15, -0.1) is 0 Å². The van der Waals surface area contributed by atoms with Crippen LogP contribution < -0.4 is 0 Å². The Morgan fingerprint density at radius 3 is 2.55 bits per heavy atom. The number of hydrogen-bond acceptors (Lipinski definition) is 2. The van der Waals surface area contributed by atoms with Crippen LogP contribution in [0.3, 0.4) is 0 Å². The van der Waals surface area contributed by atoms with Crippen molar-refractivity contribution >= 4 is 5.97 Å². The highest BCUT2D eigenvalue weighted by molar-refractivity contribution is 5.87. The SMILES string of the molecule is C=C/C=C/C=C(\C)C(=O)OC. The van der Waals surface area contributed by atoms with Gasteiger partial charge in [0.25, 0.3) is 0 Å². The molecule has 0 saturated heterocycles. The standard InChI is InChI=1S/C9H12O2/c1-4-5-6-7-8(2)9(10)11-3/h4-7H,1H2,2-3H3/b6-5+,8-7+. The minimum atomic E-state index is -0.307. The summed E-state index contributed by atoms with van der Waals surface area (Å²) in [4.78, 5) is 10.8. The fourth-order valence-corrected chi connectivity index (χ4v) is 0.507. The van der Waals surface area contributed by atoms with Gasteiger partial charge < -0.3 is 4.74 Å². The zero-order valence-corrected chi connectivity index (χ0v) is 6.83. The van der Waals surface area contributed by atoms with Crippen LogP contribution in [-0.4, -0.2) is 13.1 Å². The normalized spacial score (nSPS) is 11.6. The molecule has 0 N–H and O–H groups in total. The molecule has 0 fully saturated rings. The Morgan fingerprint density at radius 2 is 2.09 bits per heavy atom. The van der Waals surface area contributed by atoms with Gasteiger partial charge in [-0.2, -0.15) is 0 Å². The minimum absolute atomic E-state index is 0.307. The van der Waals surface area contributed by atoms with E-state index >= 15 is 0 Å². The zero-order chi connectivity index (χ0) is 8.69. The lowest BCUT2D eigenvalue weighted by Gasteiger charge is -1.94. The van der Waals surface area contributed by atoms with E-state index in [2.05, 4.69) is 11.3 Å². The summed E-state index contributed by atoms with van der Waals surface area (Å²) in [5.41, 5.74) is 0.575. The van der Waals surface area contributed by atoms with Crippen molar-refractivity contribution in [3.8, 4) is 0 Å². The molecule has 2 nitrogen and oxygen atoms in total. The fourth-order valence-electron chi connectivity index (χ4n) is 0.507. The minimum Gasteiger partial charge on any atom is -0.466 e. The van der Waals surface area contributed by atoms with Gasteiger partial charge in [-0.05, 0) is 6.92 Å². The monoisotopic (exact) mass is 152 g/mol. The molecule has 0 radical (unpaired) electrons. The van der Waals surface area contributed by atoms with Gasteiger partial charge in [-0.25, -0.2) is 4.79 Å². The maximum Gasteiger partial charge on any atom is 0.333 e. The van der Waals surface area contributed by atoms with Crippen LogP contribution in [0.25, 0.3) is 0 Å². The van der Waals surface area contributed by atoms with E-state index in [9.17, 15) is 4.79 Å². The van der Waals surface area contributed by atoms with Crippen LogP contribution >= 0.6 is 0 Å². The summed E-state index contributed by atoms with van der Waals surface area (Å²) in [6.45, 7) is 5.18. The molecule has 0 aromatic carbocycles. The van der Waals surface area contributed by atoms with Crippen LogP contribution in [-0.2, 0) is 9.53 Å². The first kappa shape index (κ1) is 9.69. The predicted molar refractivity (Wildman–Crippen MR) is 45.1 cm³/mol. The molecule has 0 saturated carbocycles. The molecular weight excluding hydrogens is 140 g/mol. The average molecular weight is 152 g/mol. The highest BCUT2D eigenvalue weighted by atomic mass is 16.5. The van der Waals surface area contributed by atoms with E-state index in [1.807, 2.05) is 0 Å². The third kappa shape index (κ3) is 4.14. The third-order valence-corrected chi connectivity index (χ3v) is 1.10. The zero-order valence-electron chi connectivity index (χ0n) is 6.83. The van der Waals surface area contributed by atoms with Crippen molar-refractivity contribution in [2.45, 2.75) is 6.92 Å². The Hall–Kier alpha value is -1.31. The number of rotatable bonds is 3. The second kappa shape index (κ2) is 5.47. The van der Waals surface area contributed by atoms with Crippen molar-refractivity contribution in [1.29, 1.82) is 0 Å². The second-order valence-corrected chi connectivity index (χ2v) is 1.96. The van der Waals surface area contributed by atoms with E-state index in [0.29, 0.717) is 5.57 Å². The van der Waals surface area contributed by atoms with Crippen LogP contribution in [0.4, 0.5) is 0 Å². The average Bonchev–Trinajstić information content (AvgIpc) is 2.03. The summed E-state index contributed by atoms with van der Waals surface area (Å²) in [5, 5.41) is 0. The van der Waals surface area contributed by atoms with Gasteiger partial charge in [0.1, 0.15) is 0 Å². The van der Waals surface area contributed by atoms with Crippen molar-refractivity contribution in [2.75, 3.05) is 7.11 Å². The maximum atomic E-state index is 10.8. The van der Waals surface area contributed by atoms with Gasteiger partial charge in [0, 0.05) is 5.57 Å². The molecule has 60 valence electrons. The summed E-state index contributed by atoms with van der Waals surface area (Å²) in [6.07, 6.45) is 6.79. The number of ether oxygens (including phenoxy) is 1. The van der Waals surface area contributed by atoms with Crippen molar-refractivity contribution in [3.05, 3.63) is 36.5 Å². The first-order valence-electron chi connectivity index (χ1n) is 3.26. The third-order valence-electron chi connectivity index (χ3n) is 1.10. The summed E-state index contributed by atoms with van der Waals surface area (Å²) >= 11 is 0. The molecule has 11 heavy (non-hydrogen) atoms. The Morgan fingerprint density at radius 1 is 1.45 bits per heavy atom. The molecule has 0 spiro atoms. The van der Waals surface area contributed by atoms with E-state index in [0.717, 1.165) is 0 Å². The molecule has 0 rings (SSSR count). The van der Waals surface area contributed by atoms with E-state index in [4.69, 9.17) is 0 Å². The molecule has 2 heteroatoms. The van der Waals surface area contributed by atoms with Crippen LogP contribution in [0, 0.1) is 0 Å². The molecule has 0 heterocycles. The van der Waals surface area contributed by atoms with Crippen LogP contribution in [0.1, 0.15) is 6.92 Å². The first-order chi connectivity index (χ1) is 5.22. The van der Waals surface area contributed by atoms with Gasteiger partial charge in [0.15, 0.2) is 0 Å². The number of carbonyl (C=O) groups excluding carboxylic acids is 1. The van der Waals surface area contributed by atoms with E-state index < -0.39 is 0 Å². The lowest BCUT2D eigenvalue weighted by Crippen LogP contribution is -2.00. The van der Waals surface area contributed by atoms with Gasteiger partial charge in [-0.1, -0.05) is 30.9 Å².